The van der Waals surface area contributed by atoms with Crippen LogP contribution in [0, 0.1) is 17.8 Å². The third-order valence-corrected chi connectivity index (χ3v) is 5.77. The molecule has 2 aliphatic heterocycles. The molecule has 2 heteroatoms. The summed E-state index contributed by atoms with van der Waals surface area (Å²) in [6.45, 7) is 2.39. The standard InChI is InChI=1S/C15H24O2/c1-2-11(9-3-5-12-14(7-9)16-12)10-4-6-13-15(8-10)17-13/h9-15H,2-8H2,1H3/t9?,10?,11?,12?,13?,14-,15?/m1/s1. The fourth-order valence-corrected chi connectivity index (χ4v) is 4.70. The maximum Gasteiger partial charge on any atom is 0.0844 e. The molecule has 96 valence electrons. The molecule has 0 bridgehead atoms. The second kappa shape index (κ2) is 3.96. The highest BCUT2D eigenvalue weighted by molar-refractivity contribution is 4.98. The van der Waals surface area contributed by atoms with Crippen LogP contribution < -0.4 is 0 Å². The van der Waals surface area contributed by atoms with Crippen LogP contribution in [-0.2, 0) is 9.47 Å². The van der Waals surface area contributed by atoms with Crippen molar-refractivity contribution in [1.82, 2.24) is 0 Å². The number of hydrogen-bond donors (Lipinski definition) is 0. The SMILES string of the molecule is CCC(C1CCC2OC2C1)C1CCC2O[C@@H]2C1. The maximum absolute atomic E-state index is 5.69. The summed E-state index contributed by atoms with van der Waals surface area (Å²) in [5, 5.41) is 0. The molecule has 2 saturated heterocycles. The Hall–Kier alpha value is -0.0800. The normalized spacial score (nSPS) is 53.5. The van der Waals surface area contributed by atoms with Crippen LogP contribution in [0.1, 0.15) is 51.9 Å². The lowest BCUT2D eigenvalue weighted by atomic mass is 9.69. The van der Waals surface area contributed by atoms with E-state index in [4.69, 9.17) is 9.47 Å². The predicted octanol–water partition coefficient (Wildman–Crippen LogP) is 3.15. The van der Waals surface area contributed by atoms with E-state index in [1.807, 2.05) is 0 Å². The lowest BCUT2D eigenvalue weighted by Gasteiger charge is -2.35. The van der Waals surface area contributed by atoms with Crippen LogP contribution in [0.4, 0.5) is 0 Å². The summed E-state index contributed by atoms with van der Waals surface area (Å²) in [7, 11) is 0. The molecular weight excluding hydrogens is 212 g/mol. The van der Waals surface area contributed by atoms with E-state index >= 15 is 0 Å². The van der Waals surface area contributed by atoms with Crippen molar-refractivity contribution >= 4 is 0 Å². The molecule has 0 radical (unpaired) electrons. The van der Waals surface area contributed by atoms with Crippen molar-refractivity contribution < 1.29 is 9.47 Å². The average molecular weight is 236 g/mol. The van der Waals surface area contributed by atoms with Gasteiger partial charge in [-0.2, -0.15) is 0 Å². The Morgan fingerprint density at radius 1 is 0.824 bits per heavy atom. The minimum atomic E-state index is 0.649. The molecule has 4 fully saturated rings. The highest BCUT2D eigenvalue weighted by atomic mass is 16.6. The molecule has 6 unspecified atom stereocenters. The molecule has 7 atom stereocenters. The number of rotatable bonds is 3. The third-order valence-electron chi connectivity index (χ3n) is 5.77. The Labute approximate surface area is 104 Å². The van der Waals surface area contributed by atoms with E-state index in [0.717, 1.165) is 17.8 Å². The van der Waals surface area contributed by atoms with Gasteiger partial charge >= 0.3 is 0 Å². The maximum atomic E-state index is 5.69. The van der Waals surface area contributed by atoms with Gasteiger partial charge < -0.3 is 9.47 Å². The van der Waals surface area contributed by atoms with Gasteiger partial charge in [0, 0.05) is 0 Å². The van der Waals surface area contributed by atoms with Gasteiger partial charge in [-0.3, -0.25) is 0 Å². The van der Waals surface area contributed by atoms with E-state index in [0.29, 0.717) is 24.4 Å². The number of hydrogen-bond acceptors (Lipinski definition) is 2. The van der Waals surface area contributed by atoms with Crippen molar-refractivity contribution in [3.05, 3.63) is 0 Å². The first-order valence-electron chi connectivity index (χ1n) is 7.66. The van der Waals surface area contributed by atoms with Crippen LogP contribution in [0.5, 0.6) is 0 Å². The smallest absolute Gasteiger partial charge is 0.0844 e. The summed E-state index contributed by atoms with van der Waals surface area (Å²) in [5.41, 5.74) is 0. The zero-order valence-corrected chi connectivity index (χ0v) is 10.8. The van der Waals surface area contributed by atoms with E-state index in [-0.39, 0.29) is 0 Å². The van der Waals surface area contributed by atoms with Crippen molar-refractivity contribution in [2.24, 2.45) is 17.8 Å². The van der Waals surface area contributed by atoms with E-state index < -0.39 is 0 Å². The zero-order chi connectivity index (χ0) is 11.4. The zero-order valence-electron chi connectivity index (χ0n) is 10.8. The molecule has 2 nitrogen and oxygen atoms in total. The topological polar surface area (TPSA) is 25.1 Å². The summed E-state index contributed by atoms with van der Waals surface area (Å²) in [5.74, 6) is 2.85. The minimum Gasteiger partial charge on any atom is -0.370 e. The summed E-state index contributed by atoms with van der Waals surface area (Å²) < 4.78 is 11.4. The van der Waals surface area contributed by atoms with Gasteiger partial charge in [-0.25, -0.2) is 0 Å². The summed E-state index contributed by atoms with van der Waals surface area (Å²) in [6, 6.07) is 0. The van der Waals surface area contributed by atoms with Crippen LogP contribution in [0.15, 0.2) is 0 Å². The molecule has 0 aromatic carbocycles. The monoisotopic (exact) mass is 236 g/mol. The van der Waals surface area contributed by atoms with Gasteiger partial charge in [0.1, 0.15) is 0 Å². The molecule has 2 aliphatic carbocycles. The minimum absolute atomic E-state index is 0.649. The Kier molecular flexibility index (Phi) is 2.52. The van der Waals surface area contributed by atoms with Crippen molar-refractivity contribution in [3.63, 3.8) is 0 Å². The van der Waals surface area contributed by atoms with Gasteiger partial charge in [0.15, 0.2) is 0 Å². The summed E-state index contributed by atoms with van der Waals surface area (Å²) >= 11 is 0. The van der Waals surface area contributed by atoms with Gasteiger partial charge in [-0.15, -0.1) is 0 Å². The Morgan fingerprint density at radius 3 is 1.76 bits per heavy atom. The second-order valence-corrected chi connectivity index (χ2v) is 6.64. The molecule has 2 heterocycles. The fourth-order valence-electron chi connectivity index (χ4n) is 4.70. The van der Waals surface area contributed by atoms with Crippen molar-refractivity contribution in [1.29, 1.82) is 0 Å². The van der Waals surface area contributed by atoms with Gasteiger partial charge in [-0.05, 0) is 56.3 Å². The van der Waals surface area contributed by atoms with Crippen LogP contribution in [0.25, 0.3) is 0 Å². The first-order chi connectivity index (χ1) is 8.35. The molecule has 0 N–H and O–H groups in total. The first kappa shape index (κ1) is 10.8. The molecule has 2 saturated carbocycles. The number of ether oxygens (including phenoxy) is 2. The fraction of sp³-hybridized carbons (Fsp3) is 1.00. The van der Waals surface area contributed by atoms with E-state index in [2.05, 4.69) is 6.92 Å². The lowest BCUT2D eigenvalue weighted by Crippen LogP contribution is -2.30. The molecule has 0 aromatic rings. The molecular formula is C15H24O2. The molecule has 0 aromatic heterocycles. The van der Waals surface area contributed by atoms with Crippen molar-refractivity contribution in [2.75, 3.05) is 0 Å². The summed E-state index contributed by atoms with van der Waals surface area (Å²) in [4.78, 5) is 0. The Morgan fingerprint density at radius 2 is 1.35 bits per heavy atom. The predicted molar refractivity (Wildman–Crippen MR) is 65.8 cm³/mol. The Bertz CT molecular complexity index is 275. The van der Waals surface area contributed by atoms with Gasteiger partial charge in [-0.1, -0.05) is 13.3 Å². The van der Waals surface area contributed by atoms with Crippen LogP contribution in [0.3, 0.4) is 0 Å². The van der Waals surface area contributed by atoms with E-state index in [1.54, 1.807) is 0 Å². The van der Waals surface area contributed by atoms with Crippen LogP contribution >= 0.6 is 0 Å². The van der Waals surface area contributed by atoms with Crippen molar-refractivity contribution in [2.45, 2.75) is 76.3 Å². The van der Waals surface area contributed by atoms with Gasteiger partial charge in [0.2, 0.25) is 0 Å². The van der Waals surface area contributed by atoms with Crippen LogP contribution in [0.2, 0.25) is 0 Å². The average Bonchev–Trinajstić information content (AvgIpc) is 3.23. The molecule has 17 heavy (non-hydrogen) atoms. The lowest BCUT2D eigenvalue weighted by molar-refractivity contribution is 0.152. The highest BCUT2D eigenvalue weighted by Gasteiger charge is 2.49. The largest absolute Gasteiger partial charge is 0.370 e. The quantitative estimate of drug-likeness (QED) is 0.703. The van der Waals surface area contributed by atoms with E-state index in [9.17, 15) is 0 Å². The van der Waals surface area contributed by atoms with Gasteiger partial charge in [0.25, 0.3) is 0 Å². The molecule has 0 amide bonds. The first-order valence-corrected chi connectivity index (χ1v) is 7.66. The molecule has 4 aliphatic rings. The molecule has 4 rings (SSSR count). The number of fused-ring (bicyclic) bond motifs is 2. The molecule has 0 spiro atoms. The summed E-state index contributed by atoms with van der Waals surface area (Å²) in [6.07, 6.45) is 12.2. The second-order valence-electron chi connectivity index (χ2n) is 6.64. The van der Waals surface area contributed by atoms with Crippen LogP contribution in [-0.4, -0.2) is 24.4 Å². The Balaban J connectivity index is 1.41. The number of epoxide rings is 2. The van der Waals surface area contributed by atoms with Crippen molar-refractivity contribution in [3.8, 4) is 0 Å². The highest BCUT2D eigenvalue weighted by Crippen LogP contribution is 2.49. The third kappa shape index (κ3) is 1.94. The van der Waals surface area contributed by atoms with Gasteiger partial charge in [0.05, 0.1) is 24.4 Å². The van der Waals surface area contributed by atoms with E-state index in [1.165, 1.54) is 44.9 Å².